The smallest absolute Gasteiger partial charge is 0.246 e. The first-order valence-electron chi connectivity index (χ1n) is 6.07. The summed E-state index contributed by atoms with van der Waals surface area (Å²) in [6, 6.07) is 7.88. The third-order valence-electron chi connectivity index (χ3n) is 3.13. The lowest BCUT2D eigenvalue weighted by atomic mass is 10.2. The van der Waals surface area contributed by atoms with E-state index in [1.165, 1.54) is 0 Å². The van der Waals surface area contributed by atoms with E-state index < -0.39 is 0 Å². The first-order valence-corrected chi connectivity index (χ1v) is 6.86. The van der Waals surface area contributed by atoms with Crippen LogP contribution in [0.3, 0.4) is 0 Å². The van der Waals surface area contributed by atoms with Gasteiger partial charge in [0.2, 0.25) is 5.91 Å². The van der Waals surface area contributed by atoms with Crippen molar-refractivity contribution in [1.29, 1.82) is 0 Å². The number of benzene rings is 1. The van der Waals surface area contributed by atoms with Gasteiger partial charge in [-0.15, -0.1) is 0 Å². The van der Waals surface area contributed by atoms with Crippen molar-refractivity contribution in [3.63, 3.8) is 0 Å². The number of rotatable bonds is 2. The summed E-state index contributed by atoms with van der Waals surface area (Å²) in [6.45, 7) is 3.54. The molecular formula is C14H17BrN2O. The minimum absolute atomic E-state index is 0.0962. The number of amides is 1. The van der Waals surface area contributed by atoms with E-state index in [9.17, 15) is 4.79 Å². The molecule has 3 nitrogen and oxygen atoms in total. The Labute approximate surface area is 116 Å². The molecule has 0 atom stereocenters. The lowest BCUT2D eigenvalue weighted by Crippen LogP contribution is -2.46. The Morgan fingerprint density at radius 3 is 2.56 bits per heavy atom. The average molecular weight is 309 g/mol. The highest BCUT2D eigenvalue weighted by atomic mass is 79.9. The fraction of sp³-hybridized carbons (Fsp3) is 0.357. The van der Waals surface area contributed by atoms with Crippen molar-refractivity contribution in [1.82, 2.24) is 9.80 Å². The minimum atomic E-state index is 0.0962. The van der Waals surface area contributed by atoms with E-state index in [1.54, 1.807) is 6.08 Å². The highest BCUT2D eigenvalue weighted by Gasteiger charge is 2.16. The van der Waals surface area contributed by atoms with Gasteiger partial charge in [0.25, 0.3) is 0 Å². The van der Waals surface area contributed by atoms with Crippen LogP contribution in [0.1, 0.15) is 5.56 Å². The lowest BCUT2D eigenvalue weighted by Gasteiger charge is -2.31. The second-order valence-electron chi connectivity index (χ2n) is 4.48. The van der Waals surface area contributed by atoms with Crippen LogP contribution in [0.15, 0.2) is 34.8 Å². The maximum absolute atomic E-state index is 12.0. The van der Waals surface area contributed by atoms with Gasteiger partial charge in [-0.25, -0.2) is 0 Å². The number of halogens is 1. The monoisotopic (exact) mass is 308 g/mol. The van der Waals surface area contributed by atoms with Crippen LogP contribution in [0, 0.1) is 0 Å². The van der Waals surface area contributed by atoms with Crippen molar-refractivity contribution in [2.24, 2.45) is 0 Å². The van der Waals surface area contributed by atoms with Crippen LogP contribution in [-0.2, 0) is 4.79 Å². The lowest BCUT2D eigenvalue weighted by molar-refractivity contribution is -0.127. The molecule has 1 aromatic rings. The maximum Gasteiger partial charge on any atom is 0.246 e. The summed E-state index contributed by atoms with van der Waals surface area (Å²) in [6.07, 6.45) is 3.52. The van der Waals surface area contributed by atoms with Gasteiger partial charge in [0.05, 0.1) is 0 Å². The molecule has 0 unspecified atom stereocenters. The average Bonchev–Trinajstić information content (AvgIpc) is 2.38. The van der Waals surface area contributed by atoms with Crippen LogP contribution in [0.2, 0.25) is 0 Å². The minimum Gasteiger partial charge on any atom is -0.337 e. The van der Waals surface area contributed by atoms with Gasteiger partial charge in [-0.1, -0.05) is 34.1 Å². The van der Waals surface area contributed by atoms with E-state index in [1.807, 2.05) is 35.2 Å². The van der Waals surface area contributed by atoms with Crippen LogP contribution in [0.4, 0.5) is 0 Å². The van der Waals surface area contributed by atoms with Crippen molar-refractivity contribution in [2.75, 3.05) is 33.2 Å². The number of carbonyl (C=O) groups excluding carboxylic acids is 1. The second kappa shape index (κ2) is 6.16. The van der Waals surface area contributed by atoms with Crippen LogP contribution in [0.5, 0.6) is 0 Å². The molecule has 0 bridgehead atoms. The molecule has 1 heterocycles. The van der Waals surface area contributed by atoms with Gasteiger partial charge in [0.1, 0.15) is 0 Å². The first-order chi connectivity index (χ1) is 8.66. The highest BCUT2D eigenvalue weighted by Crippen LogP contribution is 2.17. The molecule has 1 aliphatic rings. The molecule has 4 heteroatoms. The van der Waals surface area contributed by atoms with E-state index in [2.05, 4.69) is 27.9 Å². The van der Waals surface area contributed by atoms with E-state index in [0.717, 1.165) is 36.2 Å². The largest absolute Gasteiger partial charge is 0.337 e. The number of carbonyl (C=O) groups is 1. The summed E-state index contributed by atoms with van der Waals surface area (Å²) in [5, 5.41) is 0. The molecule has 1 aromatic carbocycles. The zero-order valence-corrected chi connectivity index (χ0v) is 12.1. The van der Waals surface area contributed by atoms with Crippen molar-refractivity contribution in [2.45, 2.75) is 0 Å². The number of likely N-dealkylation sites (N-methyl/N-ethyl adjacent to an activating group) is 1. The molecule has 1 aliphatic heterocycles. The van der Waals surface area contributed by atoms with Gasteiger partial charge in [-0.05, 0) is 24.8 Å². The molecule has 18 heavy (non-hydrogen) atoms. The molecule has 2 rings (SSSR count). The zero-order valence-electron chi connectivity index (χ0n) is 10.5. The third-order valence-corrected chi connectivity index (χ3v) is 3.85. The fourth-order valence-electron chi connectivity index (χ4n) is 1.90. The standard InChI is InChI=1S/C14H17BrN2O/c1-16-8-10-17(11-9-16)14(18)7-6-12-4-2-3-5-13(12)15/h2-7H,8-11H2,1H3. The number of hydrogen-bond donors (Lipinski definition) is 0. The Morgan fingerprint density at radius 2 is 1.89 bits per heavy atom. The van der Waals surface area contributed by atoms with Crippen LogP contribution in [0.25, 0.3) is 6.08 Å². The van der Waals surface area contributed by atoms with Crippen LogP contribution >= 0.6 is 15.9 Å². The Bertz CT molecular complexity index is 451. The summed E-state index contributed by atoms with van der Waals surface area (Å²) < 4.78 is 1.01. The van der Waals surface area contributed by atoms with Crippen LogP contribution < -0.4 is 0 Å². The van der Waals surface area contributed by atoms with Crippen molar-refractivity contribution in [3.8, 4) is 0 Å². The van der Waals surface area contributed by atoms with Gasteiger partial charge in [0.15, 0.2) is 0 Å². The summed E-state index contributed by atoms with van der Waals surface area (Å²) >= 11 is 3.47. The fourth-order valence-corrected chi connectivity index (χ4v) is 2.32. The molecular weight excluding hydrogens is 292 g/mol. The van der Waals surface area contributed by atoms with E-state index in [-0.39, 0.29) is 5.91 Å². The van der Waals surface area contributed by atoms with Crippen LogP contribution in [-0.4, -0.2) is 48.9 Å². The number of nitrogens with zero attached hydrogens (tertiary/aromatic N) is 2. The Morgan fingerprint density at radius 1 is 1.22 bits per heavy atom. The Balaban J connectivity index is 1.97. The molecule has 0 N–H and O–H groups in total. The van der Waals surface area contributed by atoms with Gasteiger partial charge in [-0.2, -0.15) is 0 Å². The normalized spacial score (nSPS) is 17.3. The zero-order chi connectivity index (χ0) is 13.0. The highest BCUT2D eigenvalue weighted by molar-refractivity contribution is 9.10. The predicted octanol–water partition coefficient (Wildman–Crippen LogP) is 2.24. The summed E-state index contributed by atoms with van der Waals surface area (Å²) in [7, 11) is 2.08. The summed E-state index contributed by atoms with van der Waals surface area (Å²) in [5.41, 5.74) is 1.03. The maximum atomic E-state index is 12.0. The van der Waals surface area contributed by atoms with Crippen molar-refractivity contribution in [3.05, 3.63) is 40.4 Å². The Kier molecular flexibility index (Phi) is 4.55. The summed E-state index contributed by atoms with van der Waals surface area (Å²) in [5.74, 6) is 0.0962. The number of hydrogen-bond acceptors (Lipinski definition) is 2. The first kappa shape index (κ1) is 13.3. The SMILES string of the molecule is CN1CCN(C(=O)C=Cc2ccccc2Br)CC1. The Hall–Kier alpha value is -1.13. The van der Waals surface area contributed by atoms with E-state index >= 15 is 0 Å². The molecule has 0 radical (unpaired) electrons. The topological polar surface area (TPSA) is 23.6 Å². The summed E-state index contributed by atoms with van der Waals surface area (Å²) in [4.78, 5) is 16.1. The third kappa shape index (κ3) is 3.43. The van der Waals surface area contributed by atoms with Gasteiger partial charge in [0, 0.05) is 36.7 Å². The second-order valence-corrected chi connectivity index (χ2v) is 5.34. The van der Waals surface area contributed by atoms with Crippen molar-refractivity contribution >= 4 is 27.9 Å². The van der Waals surface area contributed by atoms with Gasteiger partial charge in [-0.3, -0.25) is 4.79 Å². The van der Waals surface area contributed by atoms with Gasteiger partial charge < -0.3 is 9.80 Å². The molecule has 0 aliphatic carbocycles. The molecule has 0 saturated carbocycles. The molecule has 96 valence electrons. The quantitative estimate of drug-likeness (QED) is 0.782. The molecule has 1 fully saturated rings. The molecule has 0 aromatic heterocycles. The molecule has 0 spiro atoms. The molecule has 1 amide bonds. The van der Waals surface area contributed by atoms with Gasteiger partial charge >= 0.3 is 0 Å². The molecule has 1 saturated heterocycles. The predicted molar refractivity (Wildman–Crippen MR) is 77.3 cm³/mol. The van der Waals surface area contributed by atoms with E-state index in [4.69, 9.17) is 0 Å². The number of piperazine rings is 1. The van der Waals surface area contributed by atoms with E-state index in [0.29, 0.717) is 0 Å². The van der Waals surface area contributed by atoms with Crippen molar-refractivity contribution < 1.29 is 4.79 Å².